The number of aryl methyl sites for hydroxylation is 1. The maximum Gasteiger partial charge on any atom is 0.229 e. The van der Waals surface area contributed by atoms with Gasteiger partial charge in [0.15, 0.2) is 5.82 Å². The zero-order chi connectivity index (χ0) is 23.2. The number of aromatic nitrogens is 4. The molecule has 0 atom stereocenters. The van der Waals surface area contributed by atoms with E-state index < -0.39 is 0 Å². The Morgan fingerprint density at radius 3 is 2.53 bits per heavy atom. The van der Waals surface area contributed by atoms with Gasteiger partial charge in [-0.3, -0.25) is 14.0 Å². The van der Waals surface area contributed by atoms with Crippen LogP contribution in [0.4, 0.5) is 10.1 Å². The lowest BCUT2D eigenvalue weighted by atomic mass is 9.97. The molecule has 0 aliphatic carbocycles. The Balaban J connectivity index is 1.23. The number of morpholine rings is 1. The second-order valence-electron chi connectivity index (χ2n) is 8.90. The summed E-state index contributed by atoms with van der Waals surface area (Å²) >= 11 is 0. The number of carbonyl (C=O) groups is 1. The molecule has 0 N–H and O–H groups in total. The van der Waals surface area contributed by atoms with Gasteiger partial charge in [-0.25, -0.2) is 9.37 Å². The molecule has 2 aliphatic heterocycles. The third kappa shape index (κ3) is 3.62. The van der Waals surface area contributed by atoms with Crippen LogP contribution < -0.4 is 4.90 Å². The molecule has 0 saturated carbocycles. The molecule has 2 fully saturated rings. The number of nitrogens with zero attached hydrogens (tertiary/aromatic N) is 6. The first-order valence-electron chi connectivity index (χ1n) is 11.4. The Morgan fingerprint density at radius 2 is 1.82 bits per heavy atom. The van der Waals surface area contributed by atoms with Crippen molar-refractivity contribution in [3.05, 3.63) is 60.9 Å². The highest BCUT2D eigenvalue weighted by Crippen LogP contribution is 2.32. The maximum absolute atomic E-state index is 14.9. The van der Waals surface area contributed by atoms with Crippen LogP contribution in [0.5, 0.6) is 0 Å². The van der Waals surface area contributed by atoms with Crippen molar-refractivity contribution in [3.63, 3.8) is 0 Å². The van der Waals surface area contributed by atoms with Gasteiger partial charge in [-0.1, -0.05) is 12.1 Å². The van der Waals surface area contributed by atoms with Crippen LogP contribution >= 0.6 is 0 Å². The van der Waals surface area contributed by atoms with Gasteiger partial charge in [-0.2, -0.15) is 5.10 Å². The highest BCUT2D eigenvalue weighted by atomic mass is 19.1. The summed E-state index contributed by atoms with van der Waals surface area (Å²) in [7, 11) is 1.89. The van der Waals surface area contributed by atoms with Gasteiger partial charge in [0.05, 0.1) is 30.8 Å². The first kappa shape index (κ1) is 20.9. The quantitative estimate of drug-likeness (QED) is 0.469. The molecular formula is C25H25FN6O2. The summed E-state index contributed by atoms with van der Waals surface area (Å²) in [4.78, 5) is 21.0. The summed E-state index contributed by atoms with van der Waals surface area (Å²) in [5.41, 5.74) is 4.80. The molecule has 6 rings (SSSR count). The molecule has 2 aliphatic rings. The average molecular weight is 461 g/mol. The predicted molar refractivity (Wildman–Crippen MR) is 126 cm³/mol. The van der Waals surface area contributed by atoms with Gasteiger partial charge in [0, 0.05) is 56.4 Å². The highest BCUT2D eigenvalue weighted by molar-refractivity contribution is 5.85. The van der Waals surface area contributed by atoms with E-state index in [9.17, 15) is 9.18 Å². The van der Waals surface area contributed by atoms with Crippen molar-refractivity contribution < 1.29 is 13.9 Å². The van der Waals surface area contributed by atoms with Crippen molar-refractivity contribution in [1.29, 1.82) is 0 Å². The first-order chi connectivity index (χ1) is 16.6. The average Bonchev–Trinajstić information content (AvgIpc) is 3.45. The molecule has 4 heterocycles. The number of hydrogen-bond acceptors (Lipinski definition) is 5. The Kier molecular flexibility index (Phi) is 5.06. The van der Waals surface area contributed by atoms with Gasteiger partial charge >= 0.3 is 0 Å². The lowest BCUT2D eigenvalue weighted by Crippen LogP contribution is -2.56. The molecule has 0 bridgehead atoms. The van der Waals surface area contributed by atoms with Gasteiger partial charge in [0.2, 0.25) is 5.91 Å². The van der Waals surface area contributed by atoms with E-state index in [0.717, 1.165) is 22.5 Å². The van der Waals surface area contributed by atoms with Gasteiger partial charge in [0.25, 0.3) is 0 Å². The van der Waals surface area contributed by atoms with Crippen LogP contribution in [0.15, 0.2) is 55.1 Å². The number of fused-ring (bicyclic) bond motifs is 1. The zero-order valence-electron chi connectivity index (χ0n) is 18.9. The van der Waals surface area contributed by atoms with Crippen LogP contribution in [0, 0.1) is 11.7 Å². The Hall–Kier alpha value is -3.72. The molecule has 0 radical (unpaired) electrons. The van der Waals surface area contributed by atoms with Crippen LogP contribution in [-0.2, 0) is 16.6 Å². The van der Waals surface area contributed by atoms with Crippen LogP contribution in [0.25, 0.3) is 27.8 Å². The van der Waals surface area contributed by atoms with Crippen molar-refractivity contribution in [2.75, 3.05) is 44.3 Å². The smallest absolute Gasteiger partial charge is 0.229 e. The number of imidazole rings is 1. The molecule has 4 aromatic rings. The Morgan fingerprint density at radius 1 is 1.06 bits per heavy atom. The molecule has 34 heavy (non-hydrogen) atoms. The zero-order valence-corrected chi connectivity index (χ0v) is 18.9. The second-order valence-corrected chi connectivity index (χ2v) is 8.90. The topological polar surface area (TPSA) is 68.4 Å². The summed E-state index contributed by atoms with van der Waals surface area (Å²) in [6, 6.07) is 11.5. The molecular weight excluding hydrogens is 435 g/mol. The van der Waals surface area contributed by atoms with E-state index in [4.69, 9.17) is 4.74 Å². The molecule has 1 amide bonds. The van der Waals surface area contributed by atoms with Gasteiger partial charge < -0.3 is 14.5 Å². The fourth-order valence-electron chi connectivity index (χ4n) is 4.72. The van der Waals surface area contributed by atoms with Crippen molar-refractivity contribution in [2.45, 2.75) is 0 Å². The number of rotatable bonds is 4. The minimum absolute atomic E-state index is 0.0539. The molecule has 0 unspecified atom stereocenters. The van der Waals surface area contributed by atoms with Crippen LogP contribution in [0.2, 0.25) is 0 Å². The Labute approximate surface area is 196 Å². The first-order valence-corrected chi connectivity index (χ1v) is 11.4. The lowest BCUT2D eigenvalue weighted by molar-refractivity contribution is -0.140. The summed E-state index contributed by atoms with van der Waals surface area (Å²) in [5, 5.41) is 4.22. The van der Waals surface area contributed by atoms with Crippen molar-refractivity contribution in [2.24, 2.45) is 13.0 Å². The summed E-state index contributed by atoms with van der Waals surface area (Å²) in [5.74, 6) is -0.247. The molecule has 0 spiro atoms. The van der Waals surface area contributed by atoms with Gasteiger partial charge in [-0.15, -0.1) is 0 Å². The predicted octanol–water partition coefficient (Wildman–Crippen LogP) is 2.86. The molecule has 2 aromatic heterocycles. The summed E-state index contributed by atoms with van der Waals surface area (Å²) < 4.78 is 23.9. The number of benzene rings is 2. The number of carbonyl (C=O) groups excluding carboxylic acids is 1. The van der Waals surface area contributed by atoms with Gasteiger partial charge in [0.1, 0.15) is 11.8 Å². The van der Waals surface area contributed by atoms with Gasteiger partial charge in [-0.05, 0) is 29.8 Å². The Bertz CT molecular complexity index is 1350. The largest absolute Gasteiger partial charge is 0.378 e. The maximum atomic E-state index is 14.9. The van der Waals surface area contributed by atoms with E-state index in [1.54, 1.807) is 11.0 Å². The van der Waals surface area contributed by atoms with E-state index >= 15 is 0 Å². The molecule has 8 nitrogen and oxygen atoms in total. The van der Waals surface area contributed by atoms with Crippen molar-refractivity contribution in [1.82, 2.24) is 24.2 Å². The van der Waals surface area contributed by atoms with Crippen molar-refractivity contribution >= 4 is 22.6 Å². The molecule has 2 saturated heterocycles. The van der Waals surface area contributed by atoms with Crippen LogP contribution in [0.3, 0.4) is 0 Å². The minimum atomic E-state index is -0.360. The van der Waals surface area contributed by atoms with Crippen molar-refractivity contribution in [3.8, 4) is 16.8 Å². The second kappa shape index (κ2) is 8.25. The standard InChI is InChI=1S/C25H25FN6O2/c1-29-13-18(12-28-29)17-2-4-20(5-3-17)32-16-27-24-22(26)10-21(11-23(24)32)31-14-19(15-31)25(33)30-6-8-34-9-7-30/h2-5,10-13,16,19H,6-9,14-15H2,1H3. The lowest BCUT2D eigenvalue weighted by Gasteiger charge is -2.42. The van der Waals surface area contributed by atoms with E-state index in [1.807, 2.05) is 64.1 Å². The normalized spacial score (nSPS) is 16.8. The molecule has 9 heteroatoms. The fourth-order valence-corrected chi connectivity index (χ4v) is 4.72. The number of amides is 1. The minimum Gasteiger partial charge on any atom is -0.378 e. The number of halogens is 1. The summed E-state index contributed by atoms with van der Waals surface area (Å²) in [6.45, 7) is 3.67. The third-order valence-electron chi connectivity index (χ3n) is 6.69. The number of anilines is 1. The van der Waals surface area contributed by atoms with E-state index in [1.165, 1.54) is 6.07 Å². The highest BCUT2D eigenvalue weighted by Gasteiger charge is 2.36. The van der Waals surface area contributed by atoms with Crippen LogP contribution in [0.1, 0.15) is 0 Å². The SMILES string of the molecule is Cn1cc(-c2ccc(-n3cnc4c(F)cc(N5CC(C(=O)N6CCOCC6)C5)cc43)cc2)cn1. The van der Waals surface area contributed by atoms with E-state index in [0.29, 0.717) is 50.4 Å². The summed E-state index contributed by atoms with van der Waals surface area (Å²) in [6.07, 6.45) is 5.44. The number of ether oxygens (including phenoxy) is 1. The van der Waals surface area contributed by atoms with Crippen LogP contribution in [-0.4, -0.2) is 69.5 Å². The fraction of sp³-hybridized carbons (Fsp3) is 0.320. The third-order valence-corrected chi connectivity index (χ3v) is 6.69. The number of hydrogen-bond donors (Lipinski definition) is 0. The molecule has 2 aromatic carbocycles. The molecule has 174 valence electrons. The van der Waals surface area contributed by atoms with E-state index in [2.05, 4.69) is 10.1 Å². The monoisotopic (exact) mass is 460 g/mol. The van der Waals surface area contributed by atoms with E-state index in [-0.39, 0.29) is 17.6 Å².